The Morgan fingerprint density at radius 2 is 2.26 bits per heavy atom. The van der Waals surface area contributed by atoms with Crippen LogP contribution in [0.3, 0.4) is 0 Å². The third-order valence-electron chi connectivity index (χ3n) is 4.48. The summed E-state index contributed by atoms with van der Waals surface area (Å²) in [4.78, 5) is 0. The van der Waals surface area contributed by atoms with Gasteiger partial charge in [0.05, 0.1) is 5.69 Å². The molecule has 1 N–H and O–H groups in total. The van der Waals surface area contributed by atoms with Gasteiger partial charge in [-0.1, -0.05) is 20.8 Å². The molecule has 0 radical (unpaired) electrons. The monoisotopic (exact) mass is 263 g/mol. The van der Waals surface area contributed by atoms with Crippen LogP contribution in [-0.4, -0.2) is 22.9 Å². The molecule has 0 amide bonds. The molecule has 2 atom stereocenters. The molecule has 0 aliphatic heterocycles. The summed E-state index contributed by atoms with van der Waals surface area (Å²) in [5.41, 5.74) is 1.75. The van der Waals surface area contributed by atoms with Gasteiger partial charge in [-0.3, -0.25) is 4.68 Å². The van der Waals surface area contributed by atoms with Gasteiger partial charge in [0, 0.05) is 19.2 Å². The molecule has 0 spiro atoms. The van der Waals surface area contributed by atoms with Crippen LogP contribution in [0.25, 0.3) is 0 Å². The molecule has 0 aromatic carbocycles. The van der Waals surface area contributed by atoms with Crippen molar-refractivity contribution in [2.24, 2.45) is 18.4 Å². The number of aryl methyl sites for hydroxylation is 1. The Morgan fingerprint density at radius 1 is 1.47 bits per heavy atom. The maximum atomic E-state index is 4.67. The number of nitrogens with one attached hydrogen (secondary N) is 1. The van der Waals surface area contributed by atoms with Gasteiger partial charge < -0.3 is 5.32 Å². The summed E-state index contributed by atoms with van der Waals surface area (Å²) in [6.45, 7) is 9.31. The normalized spacial score (nSPS) is 26.5. The second-order valence-corrected chi connectivity index (χ2v) is 6.89. The fourth-order valence-electron chi connectivity index (χ4n) is 3.33. The molecule has 1 heterocycles. The van der Waals surface area contributed by atoms with Crippen LogP contribution in [0, 0.1) is 11.3 Å². The average molecular weight is 263 g/mol. The van der Waals surface area contributed by atoms with E-state index in [0.29, 0.717) is 11.3 Å². The van der Waals surface area contributed by atoms with E-state index in [1.165, 1.54) is 31.4 Å². The highest BCUT2D eigenvalue weighted by molar-refractivity contribution is 5.11. The molecule has 19 heavy (non-hydrogen) atoms. The van der Waals surface area contributed by atoms with Crippen molar-refractivity contribution in [1.82, 2.24) is 15.1 Å². The Morgan fingerprint density at radius 3 is 2.89 bits per heavy atom. The van der Waals surface area contributed by atoms with Gasteiger partial charge in [-0.05, 0) is 56.2 Å². The van der Waals surface area contributed by atoms with Gasteiger partial charge in [0.1, 0.15) is 0 Å². The van der Waals surface area contributed by atoms with Gasteiger partial charge in [0.2, 0.25) is 0 Å². The fourth-order valence-corrected chi connectivity index (χ4v) is 3.33. The number of rotatable bonds is 5. The summed E-state index contributed by atoms with van der Waals surface area (Å²) in [6, 6.07) is 2.21. The lowest BCUT2D eigenvalue weighted by Gasteiger charge is -2.40. The lowest BCUT2D eigenvalue weighted by atomic mass is 9.66. The van der Waals surface area contributed by atoms with E-state index in [2.05, 4.69) is 43.4 Å². The molecular weight excluding hydrogens is 234 g/mol. The first-order chi connectivity index (χ1) is 9.02. The van der Waals surface area contributed by atoms with Crippen LogP contribution in [0.2, 0.25) is 0 Å². The topological polar surface area (TPSA) is 29.9 Å². The zero-order valence-corrected chi connectivity index (χ0v) is 12.9. The van der Waals surface area contributed by atoms with E-state index in [1.54, 1.807) is 0 Å². The van der Waals surface area contributed by atoms with Gasteiger partial charge in [-0.15, -0.1) is 0 Å². The lowest BCUT2D eigenvalue weighted by Crippen LogP contribution is -2.35. The molecule has 2 rings (SSSR count). The van der Waals surface area contributed by atoms with E-state index in [1.807, 2.05) is 11.7 Å². The number of hydrogen-bond acceptors (Lipinski definition) is 2. The van der Waals surface area contributed by atoms with Crippen LogP contribution >= 0.6 is 0 Å². The van der Waals surface area contributed by atoms with Crippen LogP contribution in [0.15, 0.2) is 12.3 Å². The molecule has 1 fully saturated rings. The molecule has 2 unspecified atom stereocenters. The molecular formula is C16H29N3. The SMILES string of the molecule is CCCNCC1CCC(C)(C)CC1c1ccn(C)n1. The molecule has 0 saturated heterocycles. The van der Waals surface area contributed by atoms with Gasteiger partial charge in [-0.2, -0.15) is 5.10 Å². The first kappa shape index (κ1) is 14.6. The summed E-state index contributed by atoms with van der Waals surface area (Å²) in [5, 5.41) is 8.27. The largest absolute Gasteiger partial charge is 0.316 e. The highest BCUT2D eigenvalue weighted by Gasteiger charge is 2.36. The Bertz CT molecular complexity index is 394. The smallest absolute Gasteiger partial charge is 0.0658 e. The predicted molar refractivity (Wildman–Crippen MR) is 80.2 cm³/mol. The fraction of sp³-hybridized carbons (Fsp3) is 0.812. The van der Waals surface area contributed by atoms with Gasteiger partial charge in [0.25, 0.3) is 0 Å². The second kappa shape index (κ2) is 6.08. The van der Waals surface area contributed by atoms with Crippen molar-refractivity contribution in [3.05, 3.63) is 18.0 Å². The third kappa shape index (κ3) is 3.82. The summed E-state index contributed by atoms with van der Waals surface area (Å²) in [6.07, 6.45) is 7.22. The molecule has 1 aliphatic carbocycles. The highest BCUT2D eigenvalue weighted by atomic mass is 15.2. The van der Waals surface area contributed by atoms with Crippen LogP contribution in [-0.2, 0) is 7.05 Å². The second-order valence-electron chi connectivity index (χ2n) is 6.89. The lowest BCUT2D eigenvalue weighted by molar-refractivity contribution is 0.157. The van der Waals surface area contributed by atoms with Crippen LogP contribution in [0.4, 0.5) is 0 Å². The van der Waals surface area contributed by atoms with Crippen molar-refractivity contribution in [3.8, 4) is 0 Å². The summed E-state index contributed by atoms with van der Waals surface area (Å²) in [7, 11) is 2.02. The van der Waals surface area contributed by atoms with Gasteiger partial charge in [-0.25, -0.2) is 0 Å². The molecule has 1 aromatic rings. The Kier molecular flexibility index (Phi) is 4.67. The minimum absolute atomic E-state index is 0.462. The van der Waals surface area contributed by atoms with E-state index in [-0.39, 0.29) is 0 Å². The first-order valence-electron chi connectivity index (χ1n) is 7.72. The van der Waals surface area contributed by atoms with E-state index >= 15 is 0 Å². The van der Waals surface area contributed by atoms with E-state index < -0.39 is 0 Å². The number of nitrogens with zero attached hydrogens (tertiary/aromatic N) is 2. The molecule has 1 aliphatic rings. The van der Waals surface area contributed by atoms with Crippen molar-refractivity contribution in [2.45, 2.75) is 52.4 Å². The minimum atomic E-state index is 0.462. The molecule has 0 bridgehead atoms. The standard InChI is InChI=1S/C16H29N3/c1-5-9-17-12-13-6-8-16(2,3)11-14(13)15-7-10-19(4)18-15/h7,10,13-14,17H,5-6,8-9,11-12H2,1-4H3. The van der Waals surface area contributed by atoms with Crippen LogP contribution < -0.4 is 5.32 Å². The van der Waals surface area contributed by atoms with Gasteiger partial charge in [0.15, 0.2) is 0 Å². The zero-order valence-electron chi connectivity index (χ0n) is 12.9. The molecule has 1 saturated carbocycles. The quantitative estimate of drug-likeness (QED) is 0.826. The highest BCUT2D eigenvalue weighted by Crippen LogP contribution is 2.45. The Hall–Kier alpha value is -0.830. The van der Waals surface area contributed by atoms with Crippen molar-refractivity contribution in [1.29, 1.82) is 0 Å². The molecule has 3 heteroatoms. The molecule has 3 nitrogen and oxygen atoms in total. The maximum Gasteiger partial charge on any atom is 0.0658 e. The number of aromatic nitrogens is 2. The summed E-state index contributed by atoms with van der Waals surface area (Å²) < 4.78 is 1.94. The van der Waals surface area contributed by atoms with Crippen LogP contribution in [0.5, 0.6) is 0 Å². The van der Waals surface area contributed by atoms with Crippen LogP contribution in [0.1, 0.15) is 58.1 Å². The predicted octanol–water partition coefficient (Wildman–Crippen LogP) is 3.33. The number of hydrogen-bond donors (Lipinski definition) is 1. The Labute approximate surface area is 117 Å². The van der Waals surface area contributed by atoms with E-state index in [4.69, 9.17) is 0 Å². The average Bonchev–Trinajstić information content (AvgIpc) is 2.77. The van der Waals surface area contributed by atoms with E-state index in [9.17, 15) is 0 Å². The molecule has 108 valence electrons. The summed E-state index contributed by atoms with van der Waals surface area (Å²) in [5.74, 6) is 1.36. The third-order valence-corrected chi connectivity index (χ3v) is 4.48. The first-order valence-corrected chi connectivity index (χ1v) is 7.72. The van der Waals surface area contributed by atoms with Gasteiger partial charge >= 0.3 is 0 Å². The van der Waals surface area contributed by atoms with Crippen molar-refractivity contribution < 1.29 is 0 Å². The maximum absolute atomic E-state index is 4.67. The minimum Gasteiger partial charge on any atom is -0.316 e. The zero-order chi connectivity index (χ0) is 13.9. The van der Waals surface area contributed by atoms with Crippen molar-refractivity contribution in [3.63, 3.8) is 0 Å². The Balaban J connectivity index is 2.07. The van der Waals surface area contributed by atoms with Crippen molar-refractivity contribution in [2.75, 3.05) is 13.1 Å². The summed E-state index contributed by atoms with van der Waals surface area (Å²) >= 11 is 0. The van der Waals surface area contributed by atoms with E-state index in [0.717, 1.165) is 19.0 Å². The molecule has 1 aromatic heterocycles. The van der Waals surface area contributed by atoms with Crippen molar-refractivity contribution >= 4 is 0 Å².